The number of thiazole rings is 1. The maximum Gasteiger partial charge on any atom is 0.193 e. The van der Waals surface area contributed by atoms with Gasteiger partial charge in [-0.2, -0.15) is 0 Å². The summed E-state index contributed by atoms with van der Waals surface area (Å²) < 4.78 is 4.11. The third-order valence-electron chi connectivity index (χ3n) is 4.78. The number of hydrogen-bond acceptors (Lipinski definition) is 7. The zero-order chi connectivity index (χ0) is 21.1. The third kappa shape index (κ3) is 3.95. The van der Waals surface area contributed by atoms with Gasteiger partial charge in [-0.05, 0) is 38.5 Å². The Bertz CT molecular complexity index is 1150. The lowest BCUT2D eigenvalue weighted by Crippen LogP contribution is -2.07. The summed E-state index contributed by atoms with van der Waals surface area (Å²) in [5.74, 6) is 1.18. The molecule has 154 valence electrons. The van der Waals surface area contributed by atoms with E-state index in [4.69, 9.17) is 0 Å². The number of Topliss-reactive ketones (excluding diaryl/α,β-unsaturated/α-hetero) is 1. The number of aromatic nitrogens is 6. The van der Waals surface area contributed by atoms with Gasteiger partial charge in [-0.3, -0.25) is 14.3 Å². The van der Waals surface area contributed by atoms with E-state index in [0.29, 0.717) is 5.75 Å². The maximum atomic E-state index is 13.0. The van der Waals surface area contributed by atoms with Gasteiger partial charge in [0.1, 0.15) is 0 Å². The van der Waals surface area contributed by atoms with Gasteiger partial charge in [0.25, 0.3) is 0 Å². The molecule has 0 saturated carbocycles. The number of carbonyl (C=O) groups excluding carboxylic acids is 1. The second-order valence-corrected chi connectivity index (χ2v) is 8.66. The van der Waals surface area contributed by atoms with Gasteiger partial charge in [-0.25, -0.2) is 4.98 Å². The summed E-state index contributed by atoms with van der Waals surface area (Å²) in [6.45, 7) is 6.87. The summed E-state index contributed by atoms with van der Waals surface area (Å²) in [6.07, 6.45) is 6.22. The van der Waals surface area contributed by atoms with E-state index < -0.39 is 0 Å². The first-order valence-electron chi connectivity index (χ1n) is 9.68. The second-order valence-electron chi connectivity index (χ2n) is 6.84. The molecule has 0 aromatic carbocycles. The summed E-state index contributed by atoms with van der Waals surface area (Å²) in [4.78, 5) is 21.4. The Morgan fingerprint density at radius 1 is 1.17 bits per heavy atom. The Morgan fingerprint density at radius 3 is 2.67 bits per heavy atom. The van der Waals surface area contributed by atoms with Crippen LogP contribution in [0.4, 0.5) is 0 Å². The van der Waals surface area contributed by atoms with Crippen LogP contribution in [0.1, 0.15) is 35.1 Å². The van der Waals surface area contributed by atoms with Crippen LogP contribution in [-0.4, -0.2) is 40.8 Å². The molecule has 4 heterocycles. The van der Waals surface area contributed by atoms with E-state index in [1.54, 1.807) is 29.9 Å². The number of rotatable bonds is 8. The van der Waals surface area contributed by atoms with Crippen molar-refractivity contribution in [2.75, 3.05) is 5.75 Å². The lowest BCUT2D eigenvalue weighted by Gasteiger charge is -2.09. The number of hydrogen-bond donors (Lipinski definition) is 0. The fourth-order valence-electron chi connectivity index (χ4n) is 3.41. The van der Waals surface area contributed by atoms with Crippen LogP contribution >= 0.6 is 23.1 Å². The van der Waals surface area contributed by atoms with Crippen LogP contribution in [0, 0.1) is 13.8 Å². The van der Waals surface area contributed by atoms with E-state index in [9.17, 15) is 4.79 Å². The predicted molar refractivity (Wildman–Crippen MR) is 120 cm³/mol. The number of thioether (sulfide) groups is 1. The SMILES string of the molecule is CCCn1c(SCC(=O)c2cc(C)n(-c3nccs3)c2C)nnc1-c1ccncc1. The molecule has 0 spiro atoms. The summed E-state index contributed by atoms with van der Waals surface area (Å²) in [6, 6.07) is 5.78. The number of pyridine rings is 1. The van der Waals surface area contributed by atoms with E-state index in [1.807, 2.05) is 42.0 Å². The van der Waals surface area contributed by atoms with Crippen LogP contribution in [0.5, 0.6) is 0 Å². The van der Waals surface area contributed by atoms with Gasteiger partial charge in [-0.15, -0.1) is 21.5 Å². The molecule has 0 aliphatic heterocycles. The molecular formula is C21H22N6OS2. The molecule has 0 aliphatic rings. The van der Waals surface area contributed by atoms with Gasteiger partial charge in [0.05, 0.1) is 5.75 Å². The topological polar surface area (TPSA) is 78.5 Å². The van der Waals surface area contributed by atoms with Crippen molar-refractivity contribution < 1.29 is 4.79 Å². The van der Waals surface area contributed by atoms with E-state index in [0.717, 1.165) is 51.6 Å². The molecule has 0 fully saturated rings. The Hall–Kier alpha value is -2.78. The van der Waals surface area contributed by atoms with E-state index >= 15 is 0 Å². The lowest BCUT2D eigenvalue weighted by molar-refractivity contribution is 0.102. The number of carbonyl (C=O) groups is 1. The van der Waals surface area contributed by atoms with Gasteiger partial charge in [0, 0.05) is 53.0 Å². The minimum Gasteiger partial charge on any atom is -0.302 e. The first-order chi connectivity index (χ1) is 14.6. The molecule has 0 radical (unpaired) electrons. The standard InChI is InChI=1S/C21H22N6OS2/c1-4-10-26-19(16-5-7-22-8-6-16)24-25-21(26)30-13-18(28)17-12-14(2)27(15(17)3)20-23-9-11-29-20/h5-9,11-12H,4,10,13H2,1-3H3. The molecule has 0 atom stereocenters. The highest BCUT2D eigenvalue weighted by Crippen LogP contribution is 2.27. The first-order valence-corrected chi connectivity index (χ1v) is 11.5. The minimum atomic E-state index is 0.0763. The van der Waals surface area contributed by atoms with Crippen molar-refractivity contribution in [3.05, 3.63) is 59.1 Å². The third-order valence-corrected chi connectivity index (χ3v) is 6.50. The van der Waals surface area contributed by atoms with Crippen molar-refractivity contribution in [2.45, 2.75) is 38.9 Å². The molecule has 0 saturated heterocycles. The van der Waals surface area contributed by atoms with Crippen LogP contribution in [0.3, 0.4) is 0 Å². The number of ketones is 1. The Labute approximate surface area is 183 Å². The maximum absolute atomic E-state index is 13.0. The summed E-state index contributed by atoms with van der Waals surface area (Å²) >= 11 is 2.99. The number of nitrogens with zero attached hydrogens (tertiary/aromatic N) is 6. The van der Waals surface area contributed by atoms with Crippen molar-refractivity contribution in [1.29, 1.82) is 0 Å². The average molecular weight is 439 g/mol. The Kier molecular flexibility index (Phi) is 6.10. The van der Waals surface area contributed by atoms with Crippen molar-refractivity contribution in [3.8, 4) is 16.5 Å². The van der Waals surface area contributed by atoms with Crippen LogP contribution in [-0.2, 0) is 6.54 Å². The fourth-order valence-corrected chi connectivity index (χ4v) is 5.01. The monoisotopic (exact) mass is 438 g/mol. The highest BCUT2D eigenvalue weighted by Gasteiger charge is 2.20. The lowest BCUT2D eigenvalue weighted by atomic mass is 10.2. The first kappa shape index (κ1) is 20.5. The quantitative estimate of drug-likeness (QED) is 0.296. The highest BCUT2D eigenvalue weighted by atomic mass is 32.2. The Balaban J connectivity index is 1.55. The van der Waals surface area contributed by atoms with Gasteiger partial charge >= 0.3 is 0 Å². The molecule has 9 heteroatoms. The largest absolute Gasteiger partial charge is 0.302 e. The predicted octanol–water partition coefficient (Wildman–Crippen LogP) is 4.59. The summed E-state index contributed by atoms with van der Waals surface area (Å²) in [5.41, 5.74) is 3.62. The molecule has 30 heavy (non-hydrogen) atoms. The molecule has 4 aromatic heterocycles. The van der Waals surface area contributed by atoms with Crippen LogP contribution < -0.4 is 0 Å². The van der Waals surface area contributed by atoms with Crippen LogP contribution in [0.25, 0.3) is 16.5 Å². The van der Waals surface area contributed by atoms with Crippen molar-refractivity contribution in [2.24, 2.45) is 0 Å². The van der Waals surface area contributed by atoms with Crippen LogP contribution in [0.2, 0.25) is 0 Å². The van der Waals surface area contributed by atoms with E-state index in [2.05, 4.69) is 31.7 Å². The van der Waals surface area contributed by atoms with E-state index in [1.165, 1.54) is 11.8 Å². The molecule has 0 unspecified atom stereocenters. The molecule has 0 aliphatic carbocycles. The van der Waals surface area contributed by atoms with Crippen molar-refractivity contribution in [1.82, 2.24) is 29.3 Å². The molecule has 0 N–H and O–H groups in total. The van der Waals surface area contributed by atoms with Gasteiger partial charge in [0.15, 0.2) is 21.9 Å². The number of aryl methyl sites for hydroxylation is 1. The zero-order valence-electron chi connectivity index (χ0n) is 17.1. The smallest absolute Gasteiger partial charge is 0.193 e. The van der Waals surface area contributed by atoms with Crippen molar-refractivity contribution >= 4 is 28.9 Å². The molecule has 0 bridgehead atoms. The molecule has 0 amide bonds. The van der Waals surface area contributed by atoms with Crippen LogP contribution in [0.15, 0.2) is 47.3 Å². The Morgan fingerprint density at radius 2 is 1.97 bits per heavy atom. The molecular weight excluding hydrogens is 416 g/mol. The van der Waals surface area contributed by atoms with Gasteiger partial charge in [0.2, 0.25) is 0 Å². The van der Waals surface area contributed by atoms with Gasteiger partial charge in [-0.1, -0.05) is 18.7 Å². The zero-order valence-corrected chi connectivity index (χ0v) is 18.7. The van der Waals surface area contributed by atoms with Gasteiger partial charge < -0.3 is 4.57 Å². The normalized spacial score (nSPS) is 11.2. The highest BCUT2D eigenvalue weighted by molar-refractivity contribution is 7.99. The van der Waals surface area contributed by atoms with Crippen molar-refractivity contribution in [3.63, 3.8) is 0 Å². The minimum absolute atomic E-state index is 0.0763. The summed E-state index contributed by atoms with van der Waals surface area (Å²) in [5, 5.41) is 12.3. The molecule has 4 rings (SSSR count). The van der Waals surface area contributed by atoms with E-state index in [-0.39, 0.29) is 5.78 Å². The molecule has 7 nitrogen and oxygen atoms in total. The average Bonchev–Trinajstić information content (AvgIpc) is 3.47. The molecule has 4 aromatic rings. The fraction of sp³-hybridized carbons (Fsp3) is 0.286. The summed E-state index contributed by atoms with van der Waals surface area (Å²) in [7, 11) is 0. The second kappa shape index (κ2) is 8.93.